The SMILES string of the molecule is CCOC1(C(N)c2c(C)cc(C)cc2F)CCC(C)CC1. The number of rotatable bonds is 4. The van der Waals surface area contributed by atoms with Gasteiger partial charge >= 0.3 is 0 Å². The summed E-state index contributed by atoms with van der Waals surface area (Å²) < 4.78 is 20.6. The molecule has 0 saturated heterocycles. The molecule has 21 heavy (non-hydrogen) atoms. The van der Waals surface area contributed by atoms with E-state index in [1.54, 1.807) is 6.07 Å². The third-order valence-electron chi connectivity index (χ3n) is 4.91. The summed E-state index contributed by atoms with van der Waals surface area (Å²) in [4.78, 5) is 0. The van der Waals surface area contributed by atoms with Crippen LogP contribution in [0.25, 0.3) is 0 Å². The number of hydrogen-bond acceptors (Lipinski definition) is 2. The van der Waals surface area contributed by atoms with E-state index in [2.05, 4.69) is 6.92 Å². The van der Waals surface area contributed by atoms with Crippen molar-refractivity contribution in [3.8, 4) is 0 Å². The minimum absolute atomic E-state index is 0.197. The number of benzene rings is 1. The Morgan fingerprint density at radius 1 is 1.33 bits per heavy atom. The summed E-state index contributed by atoms with van der Waals surface area (Å²) in [5.41, 5.74) is 8.60. The highest BCUT2D eigenvalue weighted by molar-refractivity contribution is 5.36. The van der Waals surface area contributed by atoms with Crippen molar-refractivity contribution in [3.05, 3.63) is 34.6 Å². The molecule has 1 aromatic carbocycles. The van der Waals surface area contributed by atoms with Gasteiger partial charge in [0.2, 0.25) is 0 Å². The molecule has 1 saturated carbocycles. The smallest absolute Gasteiger partial charge is 0.128 e. The van der Waals surface area contributed by atoms with Gasteiger partial charge in [0.15, 0.2) is 0 Å². The van der Waals surface area contributed by atoms with Gasteiger partial charge in [0.25, 0.3) is 0 Å². The Kier molecular flexibility index (Phi) is 5.05. The average Bonchev–Trinajstić information content (AvgIpc) is 2.40. The highest BCUT2D eigenvalue weighted by Crippen LogP contribution is 2.43. The Bertz CT molecular complexity index is 469. The Morgan fingerprint density at radius 2 is 1.95 bits per heavy atom. The van der Waals surface area contributed by atoms with Crippen LogP contribution in [0.2, 0.25) is 0 Å². The standard InChI is InChI=1S/C18H28FNO/c1-5-21-18(8-6-12(2)7-9-18)17(20)16-14(4)10-13(3)11-15(16)19/h10-12,17H,5-9,20H2,1-4H3. The lowest BCUT2D eigenvalue weighted by atomic mass is 9.73. The minimum Gasteiger partial charge on any atom is -0.373 e. The lowest BCUT2D eigenvalue weighted by Crippen LogP contribution is -2.47. The van der Waals surface area contributed by atoms with Crippen LogP contribution in [0.1, 0.15) is 62.3 Å². The van der Waals surface area contributed by atoms with Gasteiger partial charge in [-0.2, -0.15) is 0 Å². The predicted octanol–water partition coefficient (Wildman–Crippen LogP) is 4.43. The van der Waals surface area contributed by atoms with Crippen LogP contribution < -0.4 is 5.73 Å². The highest BCUT2D eigenvalue weighted by atomic mass is 19.1. The van der Waals surface area contributed by atoms with Crippen LogP contribution in [0.3, 0.4) is 0 Å². The molecule has 0 heterocycles. The number of hydrogen-bond donors (Lipinski definition) is 1. The first-order chi connectivity index (χ1) is 9.89. The molecule has 1 unspecified atom stereocenters. The van der Waals surface area contributed by atoms with E-state index in [0.29, 0.717) is 18.1 Å². The van der Waals surface area contributed by atoms with Crippen molar-refractivity contribution >= 4 is 0 Å². The predicted molar refractivity (Wildman–Crippen MR) is 84.8 cm³/mol. The van der Waals surface area contributed by atoms with Crippen LogP contribution in [0, 0.1) is 25.6 Å². The van der Waals surface area contributed by atoms with E-state index in [-0.39, 0.29) is 5.82 Å². The maximum absolute atomic E-state index is 14.5. The molecule has 0 aromatic heterocycles. The van der Waals surface area contributed by atoms with Gasteiger partial charge in [0, 0.05) is 12.2 Å². The van der Waals surface area contributed by atoms with Crippen LogP contribution in [-0.2, 0) is 4.74 Å². The van der Waals surface area contributed by atoms with Crippen molar-refractivity contribution in [1.82, 2.24) is 0 Å². The maximum atomic E-state index is 14.5. The van der Waals surface area contributed by atoms with E-state index in [1.165, 1.54) is 0 Å². The van der Waals surface area contributed by atoms with E-state index in [4.69, 9.17) is 10.5 Å². The van der Waals surface area contributed by atoms with Crippen LogP contribution in [0.5, 0.6) is 0 Å². The van der Waals surface area contributed by atoms with Crippen LogP contribution in [-0.4, -0.2) is 12.2 Å². The summed E-state index contributed by atoms with van der Waals surface area (Å²) in [5.74, 6) is 0.507. The van der Waals surface area contributed by atoms with E-state index in [1.807, 2.05) is 26.8 Å². The molecule has 0 amide bonds. The van der Waals surface area contributed by atoms with Crippen molar-refractivity contribution < 1.29 is 9.13 Å². The van der Waals surface area contributed by atoms with E-state index in [9.17, 15) is 4.39 Å². The van der Waals surface area contributed by atoms with Crippen LogP contribution in [0.15, 0.2) is 12.1 Å². The van der Waals surface area contributed by atoms with Gasteiger partial charge in [-0.15, -0.1) is 0 Å². The largest absolute Gasteiger partial charge is 0.373 e. The van der Waals surface area contributed by atoms with Crippen LogP contribution >= 0.6 is 0 Å². The summed E-state index contributed by atoms with van der Waals surface area (Å²) >= 11 is 0. The second-order valence-corrected chi connectivity index (χ2v) is 6.64. The summed E-state index contributed by atoms with van der Waals surface area (Å²) in [6.45, 7) is 8.72. The zero-order valence-corrected chi connectivity index (χ0v) is 13.7. The molecule has 1 aromatic rings. The van der Waals surface area contributed by atoms with Crippen molar-refractivity contribution in [2.45, 2.75) is 65.0 Å². The molecule has 2 N–H and O–H groups in total. The van der Waals surface area contributed by atoms with Gasteiger partial charge in [-0.05, 0) is 69.6 Å². The van der Waals surface area contributed by atoms with Gasteiger partial charge < -0.3 is 10.5 Å². The van der Waals surface area contributed by atoms with Crippen molar-refractivity contribution in [3.63, 3.8) is 0 Å². The zero-order chi connectivity index (χ0) is 15.6. The topological polar surface area (TPSA) is 35.2 Å². The molecule has 2 rings (SSSR count). The Hall–Kier alpha value is -0.930. The molecule has 0 spiro atoms. The monoisotopic (exact) mass is 293 g/mol. The molecule has 1 fully saturated rings. The Morgan fingerprint density at radius 3 is 2.48 bits per heavy atom. The summed E-state index contributed by atoms with van der Waals surface area (Å²) in [5, 5.41) is 0. The molecule has 3 heteroatoms. The first-order valence-corrected chi connectivity index (χ1v) is 8.06. The fourth-order valence-electron chi connectivity index (χ4n) is 3.67. The molecule has 1 aliphatic carbocycles. The first-order valence-electron chi connectivity index (χ1n) is 8.06. The average molecular weight is 293 g/mol. The number of halogens is 1. The third-order valence-corrected chi connectivity index (χ3v) is 4.91. The van der Waals surface area contributed by atoms with E-state index in [0.717, 1.165) is 36.8 Å². The normalized spacial score (nSPS) is 27.6. The molecule has 2 nitrogen and oxygen atoms in total. The van der Waals surface area contributed by atoms with Gasteiger partial charge in [0.05, 0.1) is 11.6 Å². The van der Waals surface area contributed by atoms with Crippen molar-refractivity contribution in [1.29, 1.82) is 0 Å². The lowest BCUT2D eigenvalue weighted by Gasteiger charge is -2.44. The van der Waals surface area contributed by atoms with Gasteiger partial charge in [-0.1, -0.05) is 13.0 Å². The van der Waals surface area contributed by atoms with Crippen molar-refractivity contribution in [2.24, 2.45) is 11.7 Å². The van der Waals surface area contributed by atoms with E-state index < -0.39 is 11.6 Å². The minimum atomic E-state index is -0.415. The lowest BCUT2D eigenvalue weighted by molar-refractivity contribution is -0.0903. The quantitative estimate of drug-likeness (QED) is 0.891. The number of ether oxygens (including phenoxy) is 1. The summed E-state index contributed by atoms with van der Waals surface area (Å²) in [6.07, 6.45) is 4.02. The number of aryl methyl sites for hydroxylation is 2. The van der Waals surface area contributed by atoms with Gasteiger partial charge in [-0.25, -0.2) is 4.39 Å². The first kappa shape index (κ1) is 16.4. The van der Waals surface area contributed by atoms with E-state index >= 15 is 0 Å². The fraction of sp³-hybridized carbons (Fsp3) is 0.667. The van der Waals surface area contributed by atoms with Gasteiger partial charge in [0.1, 0.15) is 5.82 Å². The van der Waals surface area contributed by atoms with Crippen LogP contribution in [0.4, 0.5) is 4.39 Å². The number of nitrogens with two attached hydrogens (primary N) is 1. The molecule has 118 valence electrons. The molecule has 0 aliphatic heterocycles. The zero-order valence-electron chi connectivity index (χ0n) is 13.7. The molecule has 0 bridgehead atoms. The summed E-state index contributed by atoms with van der Waals surface area (Å²) in [7, 11) is 0. The molecule has 1 aliphatic rings. The molecular formula is C18H28FNO. The Balaban J connectivity index is 2.37. The molecule has 1 atom stereocenters. The third kappa shape index (κ3) is 3.29. The summed E-state index contributed by atoms with van der Waals surface area (Å²) in [6, 6.07) is 3.18. The molecule has 0 radical (unpaired) electrons. The van der Waals surface area contributed by atoms with Crippen molar-refractivity contribution in [2.75, 3.05) is 6.61 Å². The second kappa shape index (κ2) is 6.45. The Labute approximate surface area is 127 Å². The second-order valence-electron chi connectivity index (χ2n) is 6.64. The van der Waals surface area contributed by atoms with Gasteiger partial charge in [-0.3, -0.25) is 0 Å². The maximum Gasteiger partial charge on any atom is 0.128 e. The molecular weight excluding hydrogens is 265 g/mol. The highest BCUT2D eigenvalue weighted by Gasteiger charge is 2.42. The fourth-order valence-corrected chi connectivity index (χ4v) is 3.67.